The number of anilines is 1. The number of piperazine rings is 1. The van der Waals surface area contributed by atoms with Crippen LogP contribution < -0.4 is 14.2 Å². The number of ether oxygens (including phenoxy) is 2. The van der Waals surface area contributed by atoms with Crippen molar-refractivity contribution in [3.8, 4) is 11.5 Å². The van der Waals surface area contributed by atoms with E-state index in [1.54, 1.807) is 35.4 Å². The van der Waals surface area contributed by atoms with Crippen LogP contribution in [-0.4, -0.2) is 69.5 Å². The van der Waals surface area contributed by atoms with Gasteiger partial charge in [-0.25, -0.2) is 12.8 Å². The number of aromatic nitrogens is 1. The van der Waals surface area contributed by atoms with Crippen LogP contribution >= 0.6 is 0 Å². The molecule has 1 aliphatic heterocycles. The van der Waals surface area contributed by atoms with Crippen LogP contribution in [0.2, 0.25) is 0 Å². The lowest BCUT2D eigenvalue weighted by Gasteiger charge is -2.43. The molecule has 1 N–H and O–H groups in total. The smallest absolute Gasteiger partial charge is 0.263 e. The fraction of sp³-hybridized carbons (Fsp3) is 0.429. The predicted molar refractivity (Wildman–Crippen MR) is 176 cm³/mol. The van der Waals surface area contributed by atoms with E-state index in [1.165, 1.54) is 20.3 Å². The summed E-state index contributed by atoms with van der Waals surface area (Å²) in [5.41, 5.74) is 2.73. The van der Waals surface area contributed by atoms with Gasteiger partial charge in [0.2, 0.25) is 0 Å². The number of halogens is 1. The van der Waals surface area contributed by atoms with Crippen LogP contribution in [0.15, 0.2) is 60.8 Å². The molecule has 3 aromatic rings. The van der Waals surface area contributed by atoms with Gasteiger partial charge in [0.25, 0.3) is 15.9 Å². The molecule has 2 heterocycles. The van der Waals surface area contributed by atoms with Gasteiger partial charge < -0.3 is 14.4 Å². The molecule has 0 bridgehead atoms. The fourth-order valence-electron chi connectivity index (χ4n) is 7.22. The first-order valence-corrected chi connectivity index (χ1v) is 17.4. The van der Waals surface area contributed by atoms with Crippen LogP contribution in [0.1, 0.15) is 72.1 Å². The Morgan fingerprint density at radius 1 is 1.00 bits per heavy atom. The van der Waals surface area contributed by atoms with Crippen LogP contribution in [-0.2, 0) is 16.6 Å². The first-order valence-electron chi connectivity index (χ1n) is 15.9. The number of nitrogens with one attached hydrogen (secondary N) is 1. The second kappa shape index (κ2) is 13.0. The van der Waals surface area contributed by atoms with Crippen molar-refractivity contribution in [3.05, 3.63) is 89.0 Å². The minimum absolute atomic E-state index is 0.174. The molecular weight excluding hydrogens is 607 g/mol. The number of hydrogen-bond acceptors (Lipinski definition) is 7. The van der Waals surface area contributed by atoms with Crippen molar-refractivity contribution < 1.29 is 27.1 Å². The number of fused-ring (bicyclic) bond motifs is 1. The van der Waals surface area contributed by atoms with Gasteiger partial charge in [-0.3, -0.25) is 19.4 Å². The molecule has 11 heteroatoms. The number of carbonyl (C=O) groups excluding carboxylic acids is 1. The molecule has 2 aliphatic carbocycles. The number of amides is 1. The number of methoxy groups -OCH3 is 2. The van der Waals surface area contributed by atoms with E-state index in [0.29, 0.717) is 49.7 Å². The third-order valence-corrected chi connectivity index (χ3v) is 11.3. The summed E-state index contributed by atoms with van der Waals surface area (Å²) >= 11 is 0. The van der Waals surface area contributed by atoms with Crippen LogP contribution in [0.4, 0.5) is 10.1 Å². The Bertz CT molecular complexity index is 1750. The summed E-state index contributed by atoms with van der Waals surface area (Å²) in [4.78, 5) is 22.2. The third-order valence-electron chi connectivity index (χ3n) is 9.86. The zero-order valence-electron chi connectivity index (χ0n) is 26.6. The van der Waals surface area contributed by atoms with E-state index < -0.39 is 15.8 Å². The lowest BCUT2D eigenvalue weighted by molar-refractivity contribution is 0.0625. The molecule has 244 valence electrons. The fourth-order valence-corrected chi connectivity index (χ4v) is 8.58. The van der Waals surface area contributed by atoms with Crippen LogP contribution in [0.3, 0.4) is 0 Å². The monoisotopic (exact) mass is 648 g/mol. The SMILES string of the molecule is COc1ccc(CN2CCN(C(=O)c3ccc(NS(=O)(=O)C4=CC5(CCCCC5)C(C)c5cccnc54)cc3OC)CC2)cc1F. The van der Waals surface area contributed by atoms with E-state index in [4.69, 9.17) is 9.47 Å². The Balaban J connectivity index is 1.16. The van der Waals surface area contributed by atoms with Gasteiger partial charge in [-0.1, -0.05) is 44.4 Å². The largest absolute Gasteiger partial charge is 0.496 e. The average molecular weight is 649 g/mol. The molecule has 1 aromatic heterocycles. The highest BCUT2D eigenvalue weighted by Gasteiger charge is 2.44. The van der Waals surface area contributed by atoms with E-state index >= 15 is 0 Å². The first kappa shape index (κ1) is 32.0. The maximum Gasteiger partial charge on any atom is 0.263 e. The Morgan fingerprint density at radius 3 is 2.43 bits per heavy atom. The summed E-state index contributed by atoms with van der Waals surface area (Å²) in [5.74, 6) is 0.0832. The molecule has 6 rings (SSSR count). The predicted octanol–water partition coefficient (Wildman–Crippen LogP) is 6.05. The summed E-state index contributed by atoms with van der Waals surface area (Å²) < 4.78 is 55.4. The number of rotatable bonds is 8. The minimum atomic E-state index is -4.00. The number of pyridine rings is 1. The van der Waals surface area contributed by atoms with Gasteiger partial charge in [0.1, 0.15) is 10.7 Å². The van der Waals surface area contributed by atoms with Gasteiger partial charge in [0.05, 0.1) is 31.2 Å². The molecule has 2 aromatic carbocycles. The lowest BCUT2D eigenvalue weighted by Crippen LogP contribution is -2.48. The van der Waals surface area contributed by atoms with E-state index in [0.717, 1.165) is 43.2 Å². The molecule has 1 atom stereocenters. The Morgan fingerprint density at radius 2 is 1.74 bits per heavy atom. The highest BCUT2D eigenvalue weighted by Crippen LogP contribution is 2.54. The van der Waals surface area contributed by atoms with Crippen molar-refractivity contribution in [2.75, 3.05) is 45.1 Å². The Hall–Kier alpha value is -3.96. The molecule has 1 amide bonds. The molecule has 1 saturated heterocycles. The van der Waals surface area contributed by atoms with Crippen LogP contribution in [0, 0.1) is 11.2 Å². The topological polar surface area (TPSA) is 101 Å². The van der Waals surface area contributed by atoms with Crippen molar-refractivity contribution in [2.45, 2.75) is 51.5 Å². The number of carbonyl (C=O) groups is 1. The highest BCUT2D eigenvalue weighted by atomic mass is 32.2. The summed E-state index contributed by atoms with van der Waals surface area (Å²) in [7, 11) is -1.10. The zero-order valence-corrected chi connectivity index (χ0v) is 27.4. The first-order chi connectivity index (χ1) is 22.1. The van der Waals surface area contributed by atoms with Gasteiger partial charge in [0, 0.05) is 45.0 Å². The Kier molecular flexibility index (Phi) is 9.07. The van der Waals surface area contributed by atoms with Crippen LogP contribution in [0.25, 0.3) is 4.91 Å². The number of hydrogen-bond donors (Lipinski definition) is 1. The summed E-state index contributed by atoms with van der Waals surface area (Å²) in [6, 6.07) is 13.6. The number of benzene rings is 2. The maximum atomic E-state index is 14.1. The second-order valence-electron chi connectivity index (χ2n) is 12.5. The van der Waals surface area contributed by atoms with Gasteiger partial charge in [-0.15, -0.1) is 0 Å². The van der Waals surface area contributed by atoms with Crippen molar-refractivity contribution in [2.24, 2.45) is 5.41 Å². The van der Waals surface area contributed by atoms with E-state index in [2.05, 4.69) is 21.5 Å². The van der Waals surface area contributed by atoms with Crippen molar-refractivity contribution in [3.63, 3.8) is 0 Å². The molecule has 2 fully saturated rings. The summed E-state index contributed by atoms with van der Waals surface area (Å²) in [6.07, 6.45) is 8.78. The molecule has 1 spiro atoms. The zero-order chi connectivity index (χ0) is 32.5. The van der Waals surface area contributed by atoms with Gasteiger partial charge in [0.15, 0.2) is 11.6 Å². The number of sulfonamides is 1. The van der Waals surface area contributed by atoms with Gasteiger partial charge in [-0.2, -0.15) is 0 Å². The average Bonchev–Trinajstić information content (AvgIpc) is 3.07. The molecule has 1 unspecified atom stereocenters. The molecular formula is C35H41FN4O5S. The highest BCUT2D eigenvalue weighted by molar-refractivity contribution is 8.01. The quantitative estimate of drug-likeness (QED) is 0.318. The standard InChI is InChI=1S/C35H41FN4O5S/c1-24-27-8-7-15-37-33(27)32(22-35(24)13-5-4-6-14-35)46(42,43)38-26-10-11-28(31(21-26)45-3)34(41)40-18-16-39(17-19-40)23-25-9-12-30(44-2)29(36)20-25/h7-12,15,20-22,24,38H,4-6,13-14,16-19,23H2,1-3H3. The van der Waals surface area contributed by atoms with E-state index in [9.17, 15) is 17.6 Å². The summed E-state index contributed by atoms with van der Waals surface area (Å²) in [6.45, 7) is 5.00. The minimum Gasteiger partial charge on any atom is -0.496 e. The Labute approximate surface area is 270 Å². The van der Waals surface area contributed by atoms with Gasteiger partial charge >= 0.3 is 0 Å². The second-order valence-corrected chi connectivity index (χ2v) is 14.2. The molecule has 0 radical (unpaired) electrons. The maximum absolute atomic E-state index is 14.1. The van der Waals surface area contributed by atoms with Crippen molar-refractivity contribution in [1.82, 2.24) is 14.8 Å². The van der Waals surface area contributed by atoms with Crippen LogP contribution in [0.5, 0.6) is 11.5 Å². The van der Waals surface area contributed by atoms with Gasteiger partial charge in [-0.05, 0) is 65.6 Å². The number of nitrogens with zero attached hydrogens (tertiary/aromatic N) is 3. The normalized spacial score (nSPS) is 19.7. The third kappa shape index (κ3) is 6.22. The van der Waals surface area contributed by atoms with E-state index in [1.807, 2.05) is 24.3 Å². The summed E-state index contributed by atoms with van der Waals surface area (Å²) in [5, 5.41) is 0. The van der Waals surface area contributed by atoms with Crippen molar-refractivity contribution >= 4 is 26.5 Å². The molecule has 46 heavy (non-hydrogen) atoms. The molecule has 3 aliphatic rings. The lowest BCUT2D eigenvalue weighted by atomic mass is 9.62. The van der Waals surface area contributed by atoms with E-state index in [-0.39, 0.29) is 33.6 Å². The molecule has 9 nitrogen and oxygen atoms in total. The molecule has 1 saturated carbocycles. The number of allylic oxidation sites excluding steroid dienone is 1. The van der Waals surface area contributed by atoms with Crippen molar-refractivity contribution in [1.29, 1.82) is 0 Å².